The number of aliphatic hydroxyl groups is 2. The molecule has 0 saturated heterocycles. The third-order valence-electron chi connectivity index (χ3n) is 8.41. The molecule has 0 amide bonds. The van der Waals surface area contributed by atoms with Crippen LogP contribution in [0.15, 0.2) is 72.9 Å². The first-order chi connectivity index (χ1) is 26.1. The van der Waals surface area contributed by atoms with Crippen molar-refractivity contribution < 1.29 is 48.2 Å². The summed E-state index contributed by atoms with van der Waals surface area (Å²) in [5.41, 5.74) is 0. The van der Waals surface area contributed by atoms with Crippen LogP contribution in [0, 0.1) is 0 Å². The van der Waals surface area contributed by atoms with Crippen LogP contribution >= 0.6 is 7.82 Å². The van der Waals surface area contributed by atoms with Gasteiger partial charge in [0.25, 0.3) is 0 Å². The fourth-order valence-electron chi connectivity index (χ4n) is 5.26. The lowest BCUT2D eigenvalue weighted by Crippen LogP contribution is -2.29. The van der Waals surface area contributed by atoms with Crippen molar-refractivity contribution in [3.05, 3.63) is 72.9 Å². The smallest absolute Gasteiger partial charge is 0.462 e. The second-order valence-electron chi connectivity index (χ2n) is 13.7. The highest BCUT2D eigenvalue weighted by Crippen LogP contribution is 2.36. The van der Waals surface area contributed by atoms with Crippen LogP contribution in [0.4, 0.5) is 0 Å². The van der Waals surface area contributed by atoms with Gasteiger partial charge >= 0.3 is 19.8 Å². The maximum absolute atomic E-state index is 12.4. The highest BCUT2D eigenvalue weighted by Gasteiger charge is 2.23. The van der Waals surface area contributed by atoms with E-state index in [1.165, 1.54) is 44.9 Å². The number of carbonyl (C=O) groups excluding carboxylic acids is 2. The van der Waals surface area contributed by atoms with Crippen molar-refractivity contribution in [2.24, 2.45) is 0 Å². The first-order valence-corrected chi connectivity index (χ1v) is 22.0. The zero-order valence-electron chi connectivity index (χ0n) is 33.3. The van der Waals surface area contributed by atoms with Crippen molar-refractivity contribution in [1.82, 2.24) is 0 Å². The van der Waals surface area contributed by atoms with E-state index in [0.29, 0.717) is 25.7 Å². The molecule has 0 bridgehead atoms. The summed E-state index contributed by atoms with van der Waals surface area (Å²) in [6.45, 7) is 3.35. The number of unbranched alkanes of at least 4 members (excludes halogenated alkanes) is 12. The van der Waals surface area contributed by atoms with Crippen LogP contribution < -0.4 is 0 Å². The van der Waals surface area contributed by atoms with Gasteiger partial charge in [0.2, 0.25) is 0 Å². The molecule has 0 aliphatic rings. The Morgan fingerprint density at radius 2 is 1.07 bits per heavy atom. The van der Waals surface area contributed by atoms with Gasteiger partial charge in [-0.2, -0.15) is 0 Å². The lowest BCUT2D eigenvalue weighted by Gasteiger charge is -2.18. The predicted octanol–water partition coefficient (Wildman–Crippen LogP) is 10.2. The van der Waals surface area contributed by atoms with Crippen molar-refractivity contribution in [1.29, 1.82) is 0 Å². The quantitative estimate of drug-likeness (QED) is 0.0158. The SMILES string of the molecule is CCCCC/C=C\C/C=C\CCCCCCCCCC(=O)OC[C@H](COP(=O)(O)O)OC(=O)CCC[C@H](O)/C=C/C=C\C/C=C\C=C\[C@H](O)CCCCC. The molecule has 0 fully saturated rings. The van der Waals surface area contributed by atoms with Crippen LogP contribution in [0.5, 0.6) is 0 Å². The molecule has 4 N–H and O–H groups in total. The highest BCUT2D eigenvalue weighted by molar-refractivity contribution is 7.46. The van der Waals surface area contributed by atoms with Crippen LogP contribution in [0.25, 0.3) is 0 Å². The van der Waals surface area contributed by atoms with Gasteiger partial charge in [0.1, 0.15) is 6.61 Å². The van der Waals surface area contributed by atoms with E-state index >= 15 is 0 Å². The summed E-state index contributed by atoms with van der Waals surface area (Å²) in [5, 5.41) is 20.1. The molecule has 0 aromatic carbocycles. The van der Waals surface area contributed by atoms with Crippen molar-refractivity contribution in [3.63, 3.8) is 0 Å². The number of phosphoric acid groups is 1. The lowest BCUT2D eigenvalue weighted by atomic mass is 10.1. The van der Waals surface area contributed by atoms with E-state index in [-0.39, 0.29) is 19.4 Å². The molecule has 0 aromatic heterocycles. The van der Waals surface area contributed by atoms with Gasteiger partial charge in [0.05, 0.1) is 18.8 Å². The second-order valence-corrected chi connectivity index (χ2v) is 14.9. The lowest BCUT2D eigenvalue weighted by molar-refractivity contribution is -0.161. The third-order valence-corrected chi connectivity index (χ3v) is 8.89. The average Bonchev–Trinajstić information content (AvgIpc) is 3.13. The molecule has 0 aliphatic heterocycles. The van der Waals surface area contributed by atoms with Crippen molar-refractivity contribution in [2.45, 2.75) is 173 Å². The minimum absolute atomic E-state index is 0.0414. The summed E-state index contributed by atoms with van der Waals surface area (Å²) in [4.78, 5) is 42.8. The Hall–Kier alpha value is -2.59. The monoisotopic (exact) mass is 780 g/mol. The number of hydrogen-bond acceptors (Lipinski definition) is 8. The van der Waals surface area contributed by atoms with Gasteiger partial charge < -0.3 is 29.5 Å². The Labute approximate surface area is 326 Å². The summed E-state index contributed by atoms with van der Waals surface area (Å²) >= 11 is 0. The van der Waals surface area contributed by atoms with Gasteiger partial charge in [-0.25, -0.2) is 4.57 Å². The molecule has 310 valence electrons. The Balaban J connectivity index is 4.20. The van der Waals surface area contributed by atoms with Gasteiger partial charge in [-0.3, -0.25) is 14.1 Å². The summed E-state index contributed by atoms with van der Waals surface area (Å²) in [7, 11) is -4.82. The van der Waals surface area contributed by atoms with Gasteiger partial charge in [0.15, 0.2) is 6.10 Å². The molecule has 0 aliphatic carbocycles. The minimum Gasteiger partial charge on any atom is -0.462 e. The van der Waals surface area contributed by atoms with Gasteiger partial charge in [0, 0.05) is 12.8 Å². The number of phosphoric ester groups is 1. The summed E-state index contributed by atoms with van der Waals surface area (Å²) in [6, 6.07) is 0. The minimum atomic E-state index is -4.82. The van der Waals surface area contributed by atoms with Crippen molar-refractivity contribution in [3.8, 4) is 0 Å². The van der Waals surface area contributed by atoms with E-state index in [4.69, 9.17) is 19.3 Å². The standard InChI is InChI=1S/C43H73O10P/c1-3-5-7-8-9-10-11-12-13-14-15-16-17-18-22-25-29-35-42(46)51-37-41(38-52-54(48,49)50)53-43(47)36-30-34-40(45)33-28-24-21-19-20-23-27-32-39(44)31-26-6-4-2/h9-10,12-13,20-21,23-24,27-28,32-33,39-41,44-45H,3-8,11,14-19,22,25-26,29-31,34-38H2,1-2H3,(H2,48,49,50)/b10-9-,13-12-,23-20-,24-21-,32-27+,33-28+/t39-,40-,41-/m1/s1. The molecular formula is C43H73O10P. The molecular weight excluding hydrogens is 707 g/mol. The summed E-state index contributed by atoms with van der Waals surface area (Å²) in [5.74, 6) is -1.13. The third kappa shape index (κ3) is 39.1. The second kappa shape index (κ2) is 37.3. The number of allylic oxidation sites excluding steroid dienone is 10. The summed E-state index contributed by atoms with van der Waals surface area (Å²) < 4.78 is 26.2. The zero-order valence-corrected chi connectivity index (χ0v) is 34.2. The summed E-state index contributed by atoms with van der Waals surface area (Å²) in [6.07, 6.45) is 41.1. The van der Waals surface area contributed by atoms with Crippen LogP contribution in [0.1, 0.15) is 155 Å². The normalized spacial score (nSPS) is 14.4. The number of esters is 2. The van der Waals surface area contributed by atoms with E-state index in [2.05, 4.69) is 42.7 Å². The first-order valence-electron chi connectivity index (χ1n) is 20.4. The number of aliphatic hydroxyl groups excluding tert-OH is 2. The van der Waals surface area contributed by atoms with E-state index in [9.17, 15) is 24.4 Å². The van der Waals surface area contributed by atoms with Crippen LogP contribution in [0.3, 0.4) is 0 Å². The molecule has 0 saturated carbocycles. The Morgan fingerprint density at radius 3 is 1.67 bits per heavy atom. The molecule has 3 atom stereocenters. The molecule has 0 rings (SSSR count). The zero-order chi connectivity index (χ0) is 40.0. The largest absolute Gasteiger partial charge is 0.469 e. The van der Waals surface area contributed by atoms with Gasteiger partial charge in [-0.05, 0) is 64.2 Å². The predicted molar refractivity (Wildman–Crippen MR) is 219 cm³/mol. The molecule has 11 heteroatoms. The first kappa shape index (κ1) is 51.4. The maximum Gasteiger partial charge on any atom is 0.469 e. The van der Waals surface area contributed by atoms with Crippen LogP contribution in [-0.2, 0) is 28.2 Å². The molecule has 10 nitrogen and oxygen atoms in total. The Bertz CT molecular complexity index is 1140. The molecule has 0 heterocycles. The average molecular weight is 781 g/mol. The highest BCUT2D eigenvalue weighted by atomic mass is 31.2. The van der Waals surface area contributed by atoms with Crippen molar-refractivity contribution in [2.75, 3.05) is 13.2 Å². The number of hydrogen-bond donors (Lipinski definition) is 4. The van der Waals surface area contributed by atoms with E-state index in [1.54, 1.807) is 18.2 Å². The van der Waals surface area contributed by atoms with Gasteiger partial charge in [-0.1, -0.05) is 151 Å². The Morgan fingerprint density at radius 1 is 0.574 bits per heavy atom. The molecule has 0 aromatic rings. The fraction of sp³-hybridized carbons (Fsp3) is 0.674. The number of carbonyl (C=O) groups is 2. The molecule has 0 unspecified atom stereocenters. The van der Waals surface area contributed by atoms with E-state index < -0.39 is 44.7 Å². The van der Waals surface area contributed by atoms with Crippen molar-refractivity contribution >= 4 is 19.8 Å². The van der Waals surface area contributed by atoms with E-state index in [1.807, 2.05) is 30.4 Å². The van der Waals surface area contributed by atoms with Crippen LogP contribution in [-0.4, -0.2) is 63.5 Å². The number of ether oxygens (including phenoxy) is 2. The Kier molecular flexibility index (Phi) is 35.5. The number of rotatable bonds is 36. The topological polar surface area (TPSA) is 160 Å². The fourth-order valence-corrected chi connectivity index (χ4v) is 5.62. The molecule has 0 spiro atoms. The molecule has 54 heavy (non-hydrogen) atoms. The maximum atomic E-state index is 12.4. The van der Waals surface area contributed by atoms with Gasteiger partial charge in [-0.15, -0.1) is 0 Å². The molecule has 0 radical (unpaired) electrons. The van der Waals surface area contributed by atoms with E-state index in [0.717, 1.165) is 57.8 Å². The van der Waals surface area contributed by atoms with Crippen LogP contribution in [0.2, 0.25) is 0 Å².